The molecule has 0 aromatic rings. The van der Waals surface area contributed by atoms with Crippen molar-refractivity contribution in [1.29, 1.82) is 0 Å². The van der Waals surface area contributed by atoms with Gasteiger partial charge in [0.1, 0.15) is 6.29 Å². The van der Waals surface area contributed by atoms with Gasteiger partial charge < -0.3 is 4.79 Å². The second kappa shape index (κ2) is 7.31. The minimum atomic E-state index is -0.602. The van der Waals surface area contributed by atoms with Crippen LogP contribution in [0.4, 0.5) is 0 Å². The van der Waals surface area contributed by atoms with Gasteiger partial charge in [-0.25, -0.2) is 0 Å². The molecule has 0 saturated heterocycles. The Kier molecular flexibility index (Phi) is 7.46. The molecule has 0 atom stereocenters. The first-order valence-corrected chi connectivity index (χ1v) is 6.73. The summed E-state index contributed by atoms with van der Waals surface area (Å²) in [6.45, 7) is 4.42. The third-order valence-electron chi connectivity index (χ3n) is 1.82. The molecule has 0 rings (SSSR count). The minimum absolute atomic E-state index is 0.602. The molecule has 0 radical (unpaired) electrons. The summed E-state index contributed by atoms with van der Waals surface area (Å²) in [5.74, 6) is 0. The van der Waals surface area contributed by atoms with E-state index in [2.05, 4.69) is 13.8 Å². The Hall–Kier alpha value is 0.202. The lowest BCUT2D eigenvalue weighted by molar-refractivity contribution is -0.106. The van der Waals surface area contributed by atoms with Crippen molar-refractivity contribution in [3.8, 4) is 0 Å². The predicted octanol–water partition coefficient (Wildman–Crippen LogP) is 2.50. The molecule has 0 heterocycles. The van der Waals surface area contributed by atoms with Crippen molar-refractivity contribution in [2.24, 2.45) is 0 Å². The van der Waals surface area contributed by atoms with Gasteiger partial charge in [0.05, 0.1) is 0 Å². The molecule has 0 aromatic carbocycles. The van der Waals surface area contributed by atoms with E-state index in [0.717, 1.165) is 11.6 Å². The number of carbonyl (C=O) groups is 1. The van der Waals surface area contributed by atoms with Crippen LogP contribution in [-0.2, 0) is 4.79 Å². The Morgan fingerprint density at radius 1 is 1.20 bits per heavy atom. The summed E-state index contributed by atoms with van der Waals surface area (Å²) in [6, 6.07) is 0. The Balaban J connectivity index is 3.38. The van der Waals surface area contributed by atoms with Gasteiger partial charge in [-0.05, 0) is 5.28 Å². The summed E-state index contributed by atoms with van der Waals surface area (Å²) in [6.07, 6.45) is 3.65. The van der Waals surface area contributed by atoms with E-state index in [1.165, 1.54) is 23.4 Å². The first kappa shape index (κ1) is 10.2. The molecule has 2 heteroatoms. The van der Waals surface area contributed by atoms with Crippen LogP contribution in [-0.4, -0.2) is 20.4 Å². The van der Waals surface area contributed by atoms with Gasteiger partial charge in [-0.1, -0.05) is 37.3 Å². The van der Waals surface area contributed by atoms with Crippen molar-refractivity contribution in [2.45, 2.75) is 42.5 Å². The smallest absolute Gasteiger partial charge is 0.271 e. The molecule has 0 unspecified atom stereocenters. The molecule has 0 aliphatic heterocycles. The molecule has 0 aliphatic rings. The van der Waals surface area contributed by atoms with Crippen LogP contribution in [0.1, 0.15) is 26.7 Å². The van der Waals surface area contributed by atoms with E-state index in [1.807, 2.05) is 0 Å². The summed E-state index contributed by atoms with van der Waals surface area (Å²) in [5.41, 5.74) is 0. The van der Waals surface area contributed by atoms with E-state index in [1.54, 1.807) is 0 Å². The lowest BCUT2D eigenvalue weighted by Gasteiger charge is -2.03. The summed E-state index contributed by atoms with van der Waals surface area (Å²) in [5, 5.41) is 3.61. The Bertz CT molecular complexity index is 77.3. The average molecular weight is 156 g/mol. The molecule has 0 aromatic heterocycles. The topological polar surface area (TPSA) is 17.1 Å². The van der Waals surface area contributed by atoms with E-state index in [-0.39, 0.29) is 0 Å². The third-order valence-corrected chi connectivity index (χ3v) is 5.47. The van der Waals surface area contributed by atoms with Crippen LogP contribution in [0, 0.1) is 0 Å². The molecular weight excluding hydrogens is 139 g/mol. The second-order valence-corrected chi connectivity index (χ2v) is 6.20. The molecule has 0 amide bonds. The maximum Gasteiger partial charge on any atom is 0.271 e. The molecular formula is C8H17AlO. The molecule has 1 nitrogen and oxygen atoms in total. The molecule has 0 bridgehead atoms. The fourth-order valence-corrected chi connectivity index (χ4v) is 4.00. The van der Waals surface area contributed by atoms with Crippen molar-refractivity contribution in [3.05, 3.63) is 0 Å². The molecule has 58 valence electrons. The van der Waals surface area contributed by atoms with Crippen molar-refractivity contribution < 1.29 is 4.79 Å². The second-order valence-electron chi connectivity index (χ2n) is 2.85. The maximum atomic E-state index is 10.2. The highest BCUT2D eigenvalue weighted by molar-refractivity contribution is 6.61. The van der Waals surface area contributed by atoms with E-state index in [9.17, 15) is 4.79 Å². The van der Waals surface area contributed by atoms with E-state index >= 15 is 0 Å². The average Bonchev–Trinajstić information content (AvgIpc) is 1.90. The predicted molar refractivity (Wildman–Crippen MR) is 46.8 cm³/mol. The number of aldehydes is 1. The largest absolute Gasteiger partial charge is 0.305 e. The monoisotopic (exact) mass is 156 g/mol. The van der Waals surface area contributed by atoms with E-state index in [4.69, 9.17) is 0 Å². The fourth-order valence-electron chi connectivity index (χ4n) is 1.33. The van der Waals surface area contributed by atoms with Crippen LogP contribution in [0.5, 0.6) is 0 Å². The highest BCUT2D eigenvalue weighted by Gasteiger charge is 2.12. The number of carbonyl (C=O) groups excluding carboxylic acids is 1. The van der Waals surface area contributed by atoms with Crippen molar-refractivity contribution in [1.82, 2.24) is 0 Å². The number of hydrogen-bond acceptors (Lipinski definition) is 1. The Labute approximate surface area is 68.2 Å². The van der Waals surface area contributed by atoms with E-state index in [0.29, 0.717) is 0 Å². The molecule has 10 heavy (non-hydrogen) atoms. The highest BCUT2D eigenvalue weighted by atomic mass is 27.2. The quantitative estimate of drug-likeness (QED) is 0.426. The number of rotatable bonds is 6. The van der Waals surface area contributed by atoms with Gasteiger partial charge in [0, 0.05) is 0 Å². The van der Waals surface area contributed by atoms with Crippen LogP contribution in [0.2, 0.25) is 15.8 Å². The van der Waals surface area contributed by atoms with Crippen LogP contribution in [0.25, 0.3) is 0 Å². The molecule has 0 aliphatic carbocycles. The zero-order valence-corrected chi connectivity index (χ0v) is 8.25. The maximum absolute atomic E-state index is 10.2. The highest BCUT2D eigenvalue weighted by Crippen LogP contribution is 2.08. The Morgan fingerprint density at radius 3 is 2.00 bits per heavy atom. The van der Waals surface area contributed by atoms with Crippen LogP contribution >= 0.6 is 0 Å². The minimum Gasteiger partial charge on any atom is -0.305 e. The summed E-state index contributed by atoms with van der Waals surface area (Å²) < 4.78 is 0. The van der Waals surface area contributed by atoms with Gasteiger partial charge in [0.25, 0.3) is 14.1 Å². The van der Waals surface area contributed by atoms with Gasteiger partial charge in [-0.3, -0.25) is 0 Å². The van der Waals surface area contributed by atoms with Gasteiger partial charge in [0.2, 0.25) is 0 Å². The standard InChI is InChI=1S/2C3H7.C2H3O.Al/c2*1-3-2;1-2-3;/h2*1,3H2,2H3;2H,1H2;. The zero-order valence-electron chi connectivity index (χ0n) is 7.10. The summed E-state index contributed by atoms with van der Waals surface area (Å²) >= 11 is -0.602. The lowest BCUT2D eigenvalue weighted by Crippen LogP contribution is -2.11. The summed E-state index contributed by atoms with van der Waals surface area (Å²) in [4.78, 5) is 10.2. The van der Waals surface area contributed by atoms with E-state index < -0.39 is 14.1 Å². The zero-order chi connectivity index (χ0) is 7.82. The fraction of sp³-hybridized carbons (Fsp3) is 0.875. The SMILES string of the molecule is CC[CH2][Al]([CH2]C=O)[CH2]CC. The van der Waals surface area contributed by atoms with Gasteiger partial charge in [-0.15, -0.1) is 0 Å². The summed E-state index contributed by atoms with van der Waals surface area (Å²) in [7, 11) is 0. The van der Waals surface area contributed by atoms with Crippen molar-refractivity contribution in [3.63, 3.8) is 0 Å². The van der Waals surface area contributed by atoms with Crippen LogP contribution in [0.3, 0.4) is 0 Å². The Morgan fingerprint density at radius 2 is 1.70 bits per heavy atom. The van der Waals surface area contributed by atoms with Gasteiger partial charge in [-0.2, -0.15) is 0 Å². The first-order chi connectivity index (χ1) is 4.85. The van der Waals surface area contributed by atoms with Crippen LogP contribution < -0.4 is 0 Å². The molecule has 0 saturated carbocycles. The normalized spacial score (nSPS) is 9.40. The van der Waals surface area contributed by atoms with Crippen LogP contribution in [0.15, 0.2) is 0 Å². The van der Waals surface area contributed by atoms with Gasteiger partial charge in [0.15, 0.2) is 0 Å². The van der Waals surface area contributed by atoms with Crippen molar-refractivity contribution in [2.75, 3.05) is 0 Å². The number of hydrogen-bond donors (Lipinski definition) is 0. The lowest BCUT2D eigenvalue weighted by atomic mass is 10.6. The van der Waals surface area contributed by atoms with Gasteiger partial charge >= 0.3 is 0 Å². The first-order valence-electron chi connectivity index (χ1n) is 4.28. The van der Waals surface area contributed by atoms with Crippen molar-refractivity contribution >= 4 is 20.4 Å². The molecule has 0 N–H and O–H groups in total. The third kappa shape index (κ3) is 5.02. The molecule has 0 spiro atoms. The molecule has 0 fully saturated rings.